The second kappa shape index (κ2) is 4.94. The predicted octanol–water partition coefficient (Wildman–Crippen LogP) is -0.152. The Morgan fingerprint density at radius 2 is 2.46 bits per heavy atom. The van der Waals surface area contributed by atoms with Crippen LogP contribution in [0.3, 0.4) is 0 Å². The molecule has 13 heavy (non-hydrogen) atoms. The second-order valence-corrected chi connectivity index (χ2v) is 3.00. The van der Waals surface area contributed by atoms with Gasteiger partial charge < -0.3 is 10.4 Å². The molecule has 5 nitrogen and oxygen atoms in total. The van der Waals surface area contributed by atoms with E-state index in [0.29, 0.717) is 6.54 Å². The largest absolute Gasteiger partial charge is 0.385 e. The standard InChI is InChI=1S/C8H16N4O/c1-3-4-9-6-8(13)7-5-10-11-12(7)2/h5,8-9,13H,3-4,6H2,1-2H3. The van der Waals surface area contributed by atoms with E-state index in [9.17, 15) is 5.11 Å². The minimum Gasteiger partial charge on any atom is -0.385 e. The van der Waals surface area contributed by atoms with Crippen LogP contribution < -0.4 is 5.32 Å². The summed E-state index contributed by atoms with van der Waals surface area (Å²) in [7, 11) is 1.77. The van der Waals surface area contributed by atoms with E-state index in [2.05, 4.69) is 22.6 Å². The van der Waals surface area contributed by atoms with Gasteiger partial charge in [-0.1, -0.05) is 12.1 Å². The molecule has 0 aliphatic rings. The fourth-order valence-corrected chi connectivity index (χ4v) is 1.12. The van der Waals surface area contributed by atoms with E-state index in [1.54, 1.807) is 17.9 Å². The van der Waals surface area contributed by atoms with Gasteiger partial charge in [0.2, 0.25) is 0 Å². The molecular formula is C8H16N4O. The molecule has 0 saturated heterocycles. The number of aliphatic hydroxyl groups excluding tert-OH is 1. The van der Waals surface area contributed by atoms with E-state index >= 15 is 0 Å². The molecule has 0 saturated carbocycles. The fourth-order valence-electron chi connectivity index (χ4n) is 1.12. The molecule has 1 aromatic rings. The summed E-state index contributed by atoms with van der Waals surface area (Å²) in [4.78, 5) is 0. The molecular weight excluding hydrogens is 168 g/mol. The van der Waals surface area contributed by atoms with Gasteiger partial charge in [-0.05, 0) is 13.0 Å². The quantitative estimate of drug-likeness (QED) is 0.625. The van der Waals surface area contributed by atoms with Gasteiger partial charge in [0.15, 0.2) is 0 Å². The summed E-state index contributed by atoms with van der Waals surface area (Å²) in [5, 5.41) is 20.2. The lowest BCUT2D eigenvalue weighted by molar-refractivity contribution is 0.165. The van der Waals surface area contributed by atoms with Crippen molar-refractivity contribution in [2.75, 3.05) is 13.1 Å². The van der Waals surface area contributed by atoms with Crippen molar-refractivity contribution in [3.05, 3.63) is 11.9 Å². The van der Waals surface area contributed by atoms with Crippen molar-refractivity contribution in [3.8, 4) is 0 Å². The third kappa shape index (κ3) is 2.78. The van der Waals surface area contributed by atoms with Gasteiger partial charge in [-0.3, -0.25) is 0 Å². The number of nitrogens with zero attached hydrogens (tertiary/aromatic N) is 3. The molecule has 0 aliphatic carbocycles. The highest BCUT2D eigenvalue weighted by Crippen LogP contribution is 2.07. The summed E-state index contributed by atoms with van der Waals surface area (Å²) in [6.45, 7) is 3.56. The maximum absolute atomic E-state index is 9.65. The Bertz CT molecular complexity index is 248. The van der Waals surface area contributed by atoms with Crippen molar-refractivity contribution in [2.45, 2.75) is 19.4 Å². The average molecular weight is 184 g/mol. The molecule has 1 rings (SSSR count). The molecule has 1 aromatic heterocycles. The Morgan fingerprint density at radius 3 is 3.00 bits per heavy atom. The number of aromatic nitrogens is 3. The first kappa shape index (κ1) is 10.1. The van der Waals surface area contributed by atoms with Crippen molar-refractivity contribution in [1.82, 2.24) is 20.3 Å². The minimum absolute atomic E-state index is 0.522. The summed E-state index contributed by atoms with van der Waals surface area (Å²) < 4.78 is 1.58. The van der Waals surface area contributed by atoms with E-state index in [1.807, 2.05) is 0 Å². The Balaban J connectivity index is 2.39. The summed E-state index contributed by atoms with van der Waals surface area (Å²) in [6.07, 6.45) is 2.13. The zero-order chi connectivity index (χ0) is 9.68. The van der Waals surface area contributed by atoms with Crippen molar-refractivity contribution >= 4 is 0 Å². The average Bonchev–Trinajstić information content (AvgIpc) is 2.52. The molecule has 0 radical (unpaired) electrons. The molecule has 74 valence electrons. The van der Waals surface area contributed by atoms with Crippen molar-refractivity contribution in [3.63, 3.8) is 0 Å². The number of nitrogens with one attached hydrogen (secondary N) is 1. The first-order chi connectivity index (χ1) is 6.25. The Morgan fingerprint density at radius 1 is 1.69 bits per heavy atom. The van der Waals surface area contributed by atoms with Crippen LogP contribution in [0.15, 0.2) is 6.20 Å². The molecule has 0 fully saturated rings. The molecule has 1 heterocycles. The Hall–Kier alpha value is -0.940. The summed E-state index contributed by atoms with van der Waals surface area (Å²) in [5.74, 6) is 0. The van der Waals surface area contributed by atoms with Gasteiger partial charge in [-0.15, -0.1) is 5.10 Å². The number of hydrogen-bond donors (Lipinski definition) is 2. The van der Waals surface area contributed by atoms with Crippen LogP contribution >= 0.6 is 0 Å². The maximum Gasteiger partial charge on any atom is 0.110 e. The van der Waals surface area contributed by atoms with Crippen molar-refractivity contribution in [1.29, 1.82) is 0 Å². The van der Waals surface area contributed by atoms with Crippen LogP contribution in [0, 0.1) is 0 Å². The van der Waals surface area contributed by atoms with E-state index in [4.69, 9.17) is 0 Å². The first-order valence-corrected chi connectivity index (χ1v) is 4.49. The molecule has 5 heteroatoms. The lowest BCUT2D eigenvalue weighted by atomic mass is 10.2. The number of hydrogen-bond acceptors (Lipinski definition) is 4. The summed E-state index contributed by atoms with van der Waals surface area (Å²) >= 11 is 0. The molecule has 0 amide bonds. The fraction of sp³-hybridized carbons (Fsp3) is 0.750. The van der Waals surface area contributed by atoms with Gasteiger partial charge in [0.05, 0.1) is 11.9 Å². The van der Waals surface area contributed by atoms with Crippen molar-refractivity contribution in [2.24, 2.45) is 7.05 Å². The van der Waals surface area contributed by atoms with E-state index in [-0.39, 0.29) is 0 Å². The van der Waals surface area contributed by atoms with Crippen LogP contribution in [0.4, 0.5) is 0 Å². The van der Waals surface area contributed by atoms with Gasteiger partial charge >= 0.3 is 0 Å². The first-order valence-electron chi connectivity index (χ1n) is 4.49. The zero-order valence-electron chi connectivity index (χ0n) is 8.06. The number of aliphatic hydroxyl groups is 1. The summed E-state index contributed by atoms with van der Waals surface area (Å²) in [5.41, 5.74) is 0.739. The van der Waals surface area contributed by atoms with Crippen LogP contribution in [-0.2, 0) is 7.05 Å². The Labute approximate surface area is 77.8 Å². The van der Waals surface area contributed by atoms with E-state index < -0.39 is 6.10 Å². The highest BCUT2D eigenvalue weighted by Gasteiger charge is 2.10. The molecule has 1 atom stereocenters. The van der Waals surface area contributed by atoms with Gasteiger partial charge in [-0.2, -0.15) is 0 Å². The molecule has 2 N–H and O–H groups in total. The second-order valence-electron chi connectivity index (χ2n) is 3.00. The van der Waals surface area contributed by atoms with Gasteiger partial charge in [-0.25, -0.2) is 4.68 Å². The maximum atomic E-state index is 9.65. The van der Waals surface area contributed by atoms with Crippen LogP contribution in [0.2, 0.25) is 0 Å². The molecule has 0 aromatic carbocycles. The van der Waals surface area contributed by atoms with E-state index in [1.165, 1.54) is 0 Å². The highest BCUT2D eigenvalue weighted by atomic mass is 16.3. The third-order valence-corrected chi connectivity index (χ3v) is 1.86. The van der Waals surface area contributed by atoms with Crippen LogP contribution in [0.25, 0.3) is 0 Å². The smallest absolute Gasteiger partial charge is 0.110 e. The lowest BCUT2D eigenvalue weighted by Gasteiger charge is -2.10. The Kier molecular flexibility index (Phi) is 3.85. The van der Waals surface area contributed by atoms with E-state index in [0.717, 1.165) is 18.7 Å². The zero-order valence-corrected chi connectivity index (χ0v) is 8.06. The van der Waals surface area contributed by atoms with Crippen LogP contribution in [0.5, 0.6) is 0 Å². The normalized spacial score (nSPS) is 13.2. The summed E-state index contributed by atoms with van der Waals surface area (Å²) in [6, 6.07) is 0. The molecule has 0 aliphatic heterocycles. The topological polar surface area (TPSA) is 63.0 Å². The van der Waals surface area contributed by atoms with Gasteiger partial charge in [0.25, 0.3) is 0 Å². The monoisotopic (exact) mass is 184 g/mol. The molecule has 1 unspecified atom stereocenters. The predicted molar refractivity (Wildman–Crippen MR) is 49.1 cm³/mol. The minimum atomic E-state index is -0.522. The lowest BCUT2D eigenvalue weighted by Crippen LogP contribution is -2.23. The molecule has 0 spiro atoms. The van der Waals surface area contributed by atoms with Crippen LogP contribution in [-0.4, -0.2) is 33.2 Å². The third-order valence-electron chi connectivity index (χ3n) is 1.86. The van der Waals surface area contributed by atoms with Gasteiger partial charge in [0, 0.05) is 13.6 Å². The number of aryl methyl sites for hydroxylation is 1. The van der Waals surface area contributed by atoms with Crippen LogP contribution in [0.1, 0.15) is 25.1 Å². The van der Waals surface area contributed by atoms with Crippen molar-refractivity contribution < 1.29 is 5.11 Å². The molecule has 0 bridgehead atoms. The number of rotatable bonds is 5. The van der Waals surface area contributed by atoms with Gasteiger partial charge in [0.1, 0.15) is 6.10 Å². The SMILES string of the molecule is CCCNCC(O)c1cnnn1C. The highest BCUT2D eigenvalue weighted by molar-refractivity contribution is 4.98.